The number of hydrogen-bond donors (Lipinski definition) is 0. The first-order valence-corrected chi connectivity index (χ1v) is 7.09. The van der Waals surface area contributed by atoms with E-state index in [9.17, 15) is 0 Å². The molecule has 0 aromatic carbocycles. The molecule has 0 N–H and O–H groups in total. The van der Waals surface area contributed by atoms with Crippen molar-refractivity contribution in [1.29, 1.82) is 0 Å². The van der Waals surface area contributed by atoms with E-state index in [4.69, 9.17) is 10.7 Å². The highest BCUT2D eigenvalue weighted by molar-refractivity contribution is 8.19. The molecule has 0 atom stereocenters. The quantitative estimate of drug-likeness (QED) is 0.661. The Bertz CT molecular complexity index is 137. The van der Waals surface area contributed by atoms with Crippen molar-refractivity contribution in [2.45, 2.75) is 63.5 Å². The third-order valence-corrected chi connectivity index (χ3v) is 4.68. The lowest BCUT2D eigenvalue weighted by Crippen LogP contribution is -2.33. The van der Waals surface area contributed by atoms with Crippen molar-refractivity contribution < 1.29 is 0 Å². The average Bonchev–Trinajstić information content (AvgIpc) is 2.76. The summed E-state index contributed by atoms with van der Waals surface area (Å²) in [5, 5.41) is 0. The van der Waals surface area contributed by atoms with E-state index in [1.54, 1.807) is 0 Å². The number of halogens is 1. The maximum absolute atomic E-state index is 5.97. The third kappa shape index (κ3) is 2.34. The van der Waals surface area contributed by atoms with Gasteiger partial charge in [-0.2, -0.15) is 0 Å². The van der Waals surface area contributed by atoms with Gasteiger partial charge in [0.25, 0.3) is 0 Å². The van der Waals surface area contributed by atoms with Gasteiger partial charge in [-0.25, -0.2) is 4.31 Å². The van der Waals surface area contributed by atoms with Crippen LogP contribution in [0, 0.1) is 0 Å². The summed E-state index contributed by atoms with van der Waals surface area (Å²) in [4.78, 5) is 0. The van der Waals surface area contributed by atoms with Gasteiger partial charge in [0.15, 0.2) is 0 Å². The average molecular weight is 220 g/mol. The van der Waals surface area contributed by atoms with Crippen molar-refractivity contribution >= 4 is 21.8 Å². The molecule has 2 aliphatic rings. The maximum Gasteiger partial charge on any atom is 0.0312 e. The normalized spacial score (nSPS) is 26.3. The molecule has 76 valence electrons. The molecule has 0 aliphatic heterocycles. The zero-order valence-electron chi connectivity index (χ0n) is 8.04. The third-order valence-electron chi connectivity index (χ3n) is 3.45. The molecule has 2 rings (SSSR count). The first-order chi connectivity index (χ1) is 6.42. The van der Waals surface area contributed by atoms with Gasteiger partial charge in [-0.15, -0.1) is 0 Å². The minimum Gasteiger partial charge on any atom is -0.231 e. The summed E-state index contributed by atoms with van der Waals surface area (Å²) < 4.78 is 2.49. The highest BCUT2D eigenvalue weighted by atomic mass is 35.7. The van der Waals surface area contributed by atoms with Gasteiger partial charge in [0.05, 0.1) is 0 Å². The van der Waals surface area contributed by atoms with Crippen molar-refractivity contribution in [2.75, 3.05) is 0 Å². The molecule has 0 unspecified atom stereocenters. The first kappa shape index (κ1) is 10.1. The second-order valence-electron chi connectivity index (χ2n) is 4.31. The van der Waals surface area contributed by atoms with E-state index in [1.807, 2.05) is 0 Å². The van der Waals surface area contributed by atoms with E-state index >= 15 is 0 Å². The summed E-state index contributed by atoms with van der Waals surface area (Å²) in [6, 6.07) is 1.57. The highest BCUT2D eigenvalue weighted by Crippen LogP contribution is 2.37. The van der Waals surface area contributed by atoms with Crippen molar-refractivity contribution in [3.8, 4) is 0 Å². The summed E-state index contributed by atoms with van der Waals surface area (Å²) in [5.41, 5.74) is 0. The predicted octanol–water partition coefficient (Wildman–Crippen LogP) is 3.98. The van der Waals surface area contributed by atoms with Crippen LogP contribution in [-0.4, -0.2) is 16.4 Å². The van der Waals surface area contributed by atoms with Gasteiger partial charge < -0.3 is 0 Å². The van der Waals surface area contributed by atoms with Gasteiger partial charge in [-0.1, -0.05) is 25.7 Å². The second kappa shape index (κ2) is 4.90. The Hall–Kier alpha value is 0.600. The fourth-order valence-corrected chi connectivity index (χ4v) is 4.05. The Morgan fingerprint density at radius 2 is 1.23 bits per heavy atom. The molecule has 3 heteroatoms. The number of hydrogen-bond acceptors (Lipinski definition) is 2. The lowest BCUT2D eigenvalue weighted by molar-refractivity contribution is 0.280. The Labute approximate surface area is 89.8 Å². The van der Waals surface area contributed by atoms with Crippen molar-refractivity contribution in [3.63, 3.8) is 0 Å². The van der Waals surface area contributed by atoms with Crippen molar-refractivity contribution in [1.82, 2.24) is 4.31 Å². The summed E-state index contributed by atoms with van der Waals surface area (Å²) >= 11 is 1.47. The highest BCUT2D eigenvalue weighted by Gasteiger charge is 2.30. The molecular formula is C10H18ClNS. The lowest BCUT2D eigenvalue weighted by Gasteiger charge is -2.30. The summed E-state index contributed by atoms with van der Waals surface area (Å²) in [6.07, 6.45) is 11.1. The van der Waals surface area contributed by atoms with E-state index in [0.29, 0.717) is 0 Å². The topological polar surface area (TPSA) is 3.24 Å². The van der Waals surface area contributed by atoms with E-state index in [-0.39, 0.29) is 0 Å². The van der Waals surface area contributed by atoms with Crippen LogP contribution in [0.2, 0.25) is 0 Å². The van der Waals surface area contributed by atoms with Crippen LogP contribution >= 0.6 is 21.8 Å². The molecule has 0 bridgehead atoms. The molecule has 0 amide bonds. The van der Waals surface area contributed by atoms with Crippen LogP contribution in [0.15, 0.2) is 0 Å². The van der Waals surface area contributed by atoms with Crippen LogP contribution in [0.4, 0.5) is 0 Å². The van der Waals surface area contributed by atoms with Gasteiger partial charge in [-0.3, -0.25) is 0 Å². The van der Waals surface area contributed by atoms with E-state index < -0.39 is 0 Å². The second-order valence-corrected chi connectivity index (χ2v) is 5.28. The smallest absolute Gasteiger partial charge is 0.0312 e. The monoisotopic (exact) mass is 219 g/mol. The molecule has 2 saturated carbocycles. The van der Waals surface area contributed by atoms with E-state index in [2.05, 4.69) is 4.31 Å². The van der Waals surface area contributed by atoms with E-state index in [1.165, 1.54) is 62.5 Å². The van der Waals surface area contributed by atoms with Crippen LogP contribution < -0.4 is 0 Å². The predicted molar refractivity (Wildman–Crippen MR) is 59.8 cm³/mol. The van der Waals surface area contributed by atoms with Gasteiger partial charge >= 0.3 is 0 Å². The number of rotatable bonds is 3. The van der Waals surface area contributed by atoms with Gasteiger partial charge in [0.1, 0.15) is 0 Å². The Kier molecular flexibility index (Phi) is 3.82. The molecule has 2 fully saturated rings. The fraction of sp³-hybridized carbons (Fsp3) is 1.00. The molecular weight excluding hydrogens is 202 g/mol. The van der Waals surface area contributed by atoms with Gasteiger partial charge in [0, 0.05) is 23.2 Å². The van der Waals surface area contributed by atoms with Gasteiger partial charge in [0.2, 0.25) is 0 Å². The summed E-state index contributed by atoms with van der Waals surface area (Å²) in [7, 11) is 5.97. The van der Waals surface area contributed by atoms with Gasteiger partial charge in [-0.05, 0) is 36.4 Å². The Balaban J connectivity index is 1.90. The molecule has 0 radical (unpaired) electrons. The van der Waals surface area contributed by atoms with Crippen molar-refractivity contribution in [3.05, 3.63) is 0 Å². The van der Waals surface area contributed by atoms with Crippen molar-refractivity contribution in [2.24, 2.45) is 0 Å². The molecule has 0 aromatic heterocycles. The Morgan fingerprint density at radius 3 is 1.54 bits per heavy atom. The molecule has 0 heterocycles. The minimum absolute atomic E-state index is 0.783. The zero-order valence-corrected chi connectivity index (χ0v) is 9.62. The first-order valence-electron chi connectivity index (χ1n) is 5.49. The number of nitrogens with zero attached hydrogens (tertiary/aromatic N) is 1. The molecule has 13 heavy (non-hydrogen) atoms. The maximum atomic E-state index is 5.97. The van der Waals surface area contributed by atoms with Crippen LogP contribution in [0.1, 0.15) is 51.4 Å². The molecule has 0 aromatic rings. The van der Waals surface area contributed by atoms with Crippen LogP contribution in [-0.2, 0) is 0 Å². The molecule has 0 saturated heterocycles. The van der Waals surface area contributed by atoms with E-state index in [0.717, 1.165) is 12.1 Å². The van der Waals surface area contributed by atoms with Crippen LogP contribution in [0.5, 0.6) is 0 Å². The Morgan fingerprint density at radius 1 is 0.846 bits per heavy atom. The lowest BCUT2D eigenvalue weighted by atomic mass is 10.2. The zero-order chi connectivity index (χ0) is 9.10. The molecule has 2 aliphatic carbocycles. The van der Waals surface area contributed by atoms with Crippen LogP contribution in [0.3, 0.4) is 0 Å². The standard InChI is InChI=1S/C10H18ClNS/c11-13-12(9-5-1-2-6-9)10-7-3-4-8-10/h9-10H,1-8H2. The SMILES string of the molecule is ClSN(C1CCCC1)C1CCCC1. The summed E-state index contributed by atoms with van der Waals surface area (Å²) in [5.74, 6) is 0. The summed E-state index contributed by atoms with van der Waals surface area (Å²) in [6.45, 7) is 0. The largest absolute Gasteiger partial charge is 0.231 e. The van der Waals surface area contributed by atoms with Crippen LogP contribution in [0.25, 0.3) is 0 Å². The molecule has 0 spiro atoms. The fourth-order valence-electron chi connectivity index (χ4n) is 2.73. The molecule has 1 nitrogen and oxygen atoms in total. The minimum atomic E-state index is 0.783.